The topological polar surface area (TPSA) is 72.4 Å². The van der Waals surface area contributed by atoms with Gasteiger partial charge in [-0.25, -0.2) is 17.6 Å². The van der Waals surface area contributed by atoms with Crippen LogP contribution in [0.4, 0.5) is 36.4 Å². The van der Waals surface area contributed by atoms with Gasteiger partial charge in [0.15, 0.2) is 23.3 Å². The van der Waals surface area contributed by atoms with Crippen molar-refractivity contribution in [2.24, 2.45) is 0 Å². The van der Waals surface area contributed by atoms with E-state index in [4.69, 9.17) is 0 Å². The van der Waals surface area contributed by atoms with E-state index in [-0.39, 0.29) is 57.1 Å². The summed E-state index contributed by atoms with van der Waals surface area (Å²) in [6.07, 6.45) is -5.65. The van der Waals surface area contributed by atoms with E-state index < -0.39 is 64.4 Å². The van der Waals surface area contributed by atoms with Crippen LogP contribution in [0.25, 0.3) is 0 Å². The van der Waals surface area contributed by atoms with Crippen molar-refractivity contribution in [1.82, 2.24) is 0 Å². The molecule has 0 fully saturated rings. The third-order valence-corrected chi connectivity index (χ3v) is 3.32. The molecule has 2 aromatic rings. The molecule has 0 aromatic heterocycles. The van der Waals surface area contributed by atoms with Crippen LogP contribution in [0.5, 0.6) is 5.75 Å². The van der Waals surface area contributed by atoms with E-state index in [1.54, 1.807) is 0 Å². The van der Waals surface area contributed by atoms with Crippen molar-refractivity contribution in [3.8, 4) is 5.75 Å². The molecule has 27 heavy (non-hydrogen) atoms. The quantitative estimate of drug-likeness (QED) is 0.314. The van der Waals surface area contributed by atoms with Crippen molar-refractivity contribution in [2.75, 3.05) is 5.32 Å². The van der Waals surface area contributed by atoms with Crippen LogP contribution in [0.3, 0.4) is 0 Å². The summed E-state index contributed by atoms with van der Waals surface area (Å²) in [5.74, 6) is -12.2. The Kier molecular flexibility index (Phi) is 7.70. The van der Waals surface area contributed by atoms with Gasteiger partial charge in [0.25, 0.3) is 0 Å². The number of alkyl halides is 3. The standard InChI is InChI=1S/C15H8F7NO3.K/c16-10-7(11(17)13(19)9(12(10)18)15(20,21)22)4-23-5-1-2-8(24)6(3-5)14(25)26;/h1-3,23-24H,4H2,(H,25,26);/q;+1/p-1. The summed E-state index contributed by atoms with van der Waals surface area (Å²) in [5.41, 5.74) is -4.92. The molecule has 0 unspecified atom stereocenters. The maximum absolute atomic E-state index is 13.7. The molecule has 0 radical (unpaired) electrons. The van der Waals surface area contributed by atoms with Crippen molar-refractivity contribution >= 4 is 11.7 Å². The molecule has 0 saturated carbocycles. The van der Waals surface area contributed by atoms with Gasteiger partial charge >= 0.3 is 57.6 Å². The van der Waals surface area contributed by atoms with Crippen molar-refractivity contribution in [1.29, 1.82) is 0 Å². The molecule has 0 aliphatic carbocycles. The molecule has 0 atom stereocenters. The number of carbonyl (C=O) groups excluding carboxylic acids is 1. The van der Waals surface area contributed by atoms with Crippen LogP contribution in [-0.2, 0) is 12.7 Å². The van der Waals surface area contributed by atoms with Gasteiger partial charge in [-0.15, -0.1) is 0 Å². The van der Waals surface area contributed by atoms with Gasteiger partial charge in [-0.2, -0.15) is 13.2 Å². The summed E-state index contributed by atoms with van der Waals surface area (Å²) >= 11 is 0. The van der Waals surface area contributed by atoms with Gasteiger partial charge in [-0.3, -0.25) is 0 Å². The first-order chi connectivity index (χ1) is 11.9. The van der Waals surface area contributed by atoms with Gasteiger partial charge in [-0.05, 0) is 18.2 Å². The Morgan fingerprint density at radius 3 is 2.00 bits per heavy atom. The number of carboxylic acids is 1. The van der Waals surface area contributed by atoms with Gasteiger partial charge in [0.05, 0.1) is 5.97 Å². The Balaban J connectivity index is 0.00000364. The Bertz CT molecular complexity index is 858. The zero-order valence-electron chi connectivity index (χ0n) is 13.3. The van der Waals surface area contributed by atoms with Crippen molar-refractivity contribution in [2.45, 2.75) is 12.7 Å². The second kappa shape index (κ2) is 8.77. The summed E-state index contributed by atoms with van der Waals surface area (Å²) in [6.45, 7) is -1.01. The van der Waals surface area contributed by atoms with Crippen molar-refractivity contribution in [3.05, 3.63) is 58.2 Å². The molecule has 2 aromatic carbocycles. The number of nitrogens with one attached hydrogen (secondary N) is 1. The molecule has 0 bridgehead atoms. The first kappa shape index (κ1) is 23.7. The van der Waals surface area contributed by atoms with Crippen molar-refractivity contribution in [3.63, 3.8) is 0 Å². The molecule has 12 heteroatoms. The zero-order chi connectivity index (χ0) is 19.8. The normalized spacial score (nSPS) is 11.1. The second-order valence-electron chi connectivity index (χ2n) is 4.98. The fourth-order valence-corrected chi connectivity index (χ4v) is 2.08. The first-order valence-electron chi connectivity index (χ1n) is 6.65. The van der Waals surface area contributed by atoms with Crippen LogP contribution in [0.1, 0.15) is 21.5 Å². The Morgan fingerprint density at radius 1 is 1.04 bits per heavy atom. The molecular weight excluding hydrogens is 414 g/mol. The predicted molar refractivity (Wildman–Crippen MR) is 71.0 cm³/mol. The molecule has 0 aliphatic heterocycles. The minimum atomic E-state index is -5.65. The fourth-order valence-electron chi connectivity index (χ4n) is 2.08. The minimum Gasteiger partial charge on any atom is -0.545 e. The Morgan fingerprint density at radius 2 is 1.56 bits per heavy atom. The minimum absolute atomic E-state index is 0. The summed E-state index contributed by atoms with van der Waals surface area (Å²) in [4.78, 5) is 10.8. The van der Waals surface area contributed by atoms with Crippen LogP contribution in [-0.4, -0.2) is 11.1 Å². The average Bonchev–Trinajstić information content (AvgIpc) is 2.53. The molecule has 2 N–H and O–H groups in total. The van der Waals surface area contributed by atoms with E-state index in [1.807, 2.05) is 0 Å². The number of phenols is 1. The second-order valence-corrected chi connectivity index (χ2v) is 4.98. The molecular formula is C15H7F7KNO3. The number of aromatic hydroxyl groups is 1. The van der Waals surface area contributed by atoms with Crippen molar-refractivity contribution < 1.29 is 97.1 Å². The molecule has 0 spiro atoms. The zero-order valence-corrected chi connectivity index (χ0v) is 16.5. The fraction of sp³-hybridized carbons (Fsp3) is 0.133. The molecule has 0 amide bonds. The van der Waals surface area contributed by atoms with Crippen LogP contribution < -0.4 is 61.8 Å². The van der Waals surface area contributed by atoms with E-state index in [2.05, 4.69) is 5.32 Å². The first-order valence-corrected chi connectivity index (χ1v) is 6.65. The van der Waals surface area contributed by atoms with E-state index in [1.165, 1.54) is 0 Å². The van der Waals surface area contributed by atoms with Crippen LogP contribution >= 0.6 is 0 Å². The number of aromatic carboxylic acids is 1. The van der Waals surface area contributed by atoms with E-state index in [9.17, 15) is 45.7 Å². The molecule has 2 rings (SSSR count). The molecule has 0 heterocycles. The van der Waals surface area contributed by atoms with E-state index in [0.717, 1.165) is 18.2 Å². The summed E-state index contributed by atoms with van der Waals surface area (Å²) in [7, 11) is 0. The van der Waals surface area contributed by atoms with Gasteiger partial charge in [-0.1, -0.05) is 0 Å². The van der Waals surface area contributed by atoms with Gasteiger partial charge < -0.3 is 20.3 Å². The smallest absolute Gasteiger partial charge is 0.545 e. The Hall–Kier alpha value is -1.34. The molecule has 4 nitrogen and oxygen atoms in total. The van der Waals surface area contributed by atoms with Crippen LogP contribution in [0.15, 0.2) is 18.2 Å². The predicted octanol–water partition coefficient (Wildman–Crippen LogP) is -0.0530. The molecule has 140 valence electrons. The summed E-state index contributed by atoms with van der Waals surface area (Å²) in [6, 6.07) is 2.72. The third kappa shape index (κ3) is 4.93. The van der Waals surface area contributed by atoms with E-state index >= 15 is 0 Å². The van der Waals surface area contributed by atoms with Gasteiger partial charge in [0.1, 0.15) is 11.3 Å². The van der Waals surface area contributed by atoms with Crippen LogP contribution in [0, 0.1) is 23.3 Å². The number of rotatable bonds is 4. The SMILES string of the molecule is O=C([O-])c1cc(NCc2c(F)c(F)c(C(F)(F)F)c(F)c2F)ccc1O.[K+]. The monoisotopic (exact) mass is 421 g/mol. The third-order valence-electron chi connectivity index (χ3n) is 3.32. The van der Waals surface area contributed by atoms with Crippen LogP contribution in [0.2, 0.25) is 0 Å². The van der Waals surface area contributed by atoms with Gasteiger partial charge in [0.2, 0.25) is 0 Å². The summed E-state index contributed by atoms with van der Waals surface area (Å²) in [5, 5.41) is 22.2. The number of carboxylic acid groups (broad SMARTS) is 1. The maximum Gasteiger partial charge on any atom is 1.00 e. The van der Waals surface area contributed by atoms with E-state index in [0.29, 0.717) is 0 Å². The summed E-state index contributed by atoms with van der Waals surface area (Å²) < 4.78 is 92.0. The largest absolute Gasteiger partial charge is 1.00 e. The number of anilines is 1. The molecule has 0 saturated heterocycles. The Labute approximate surface area is 189 Å². The average molecular weight is 421 g/mol. The molecule has 0 aliphatic rings. The van der Waals surface area contributed by atoms with Gasteiger partial charge in [0, 0.05) is 23.4 Å². The maximum atomic E-state index is 13.7. The number of carbonyl (C=O) groups is 1. The number of hydrogen-bond donors (Lipinski definition) is 2. The number of benzene rings is 2. The number of halogens is 7. The number of hydrogen-bond acceptors (Lipinski definition) is 4.